The Morgan fingerprint density at radius 3 is 2.42 bits per heavy atom. The van der Waals surface area contributed by atoms with Crippen LogP contribution in [0, 0.1) is 5.92 Å². The Hall–Kier alpha value is -2.33. The number of hydrogen-bond donors (Lipinski definition) is 0. The smallest absolute Gasteiger partial charge is 0.260 e. The molecule has 4 nitrogen and oxygen atoms in total. The third-order valence-corrected chi connectivity index (χ3v) is 4.61. The molecule has 0 saturated carbocycles. The van der Waals surface area contributed by atoms with Crippen LogP contribution in [0.3, 0.4) is 0 Å². The number of carbonyl (C=O) groups is 2. The second-order valence-corrected chi connectivity index (χ2v) is 6.99. The number of hydrogen-bond acceptors (Lipinski definition) is 3. The van der Waals surface area contributed by atoms with Gasteiger partial charge in [0.25, 0.3) is 5.91 Å². The first-order valence-corrected chi connectivity index (χ1v) is 8.93. The summed E-state index contributed by atoms with van der Waals surface area (Å²) < 4.78 is 5.60. The van der Waals surface area contributed by atoms with Crippen molar-refractivity contribution in [3.05, 3.63) is 64.7 Å². The highest BCUT2D eigenvalue weighted by atomic mass is 35.5. The van der Waals surface area contributed by atoms with Crippen LogP contribution >= 0.6 is 11.6 Å². The molecular weight excluding hydrogens is 350 g/mol. The number of amides is 1. The zero-order chi connectivity index (χ0) is 19.3. The van der Waals surface area contributed by atoms with Crippen molar-refractivity contribution in [2.24, 2.45) is 5.92 Å². The van der Waals surface area contributed by atoms with E-state index in [9.17, 15) is 9.59 Å². The number of carbonyl (C=O) groups excluding carboxylic acids is 2. The van der Waals surface area contributed by atoms with Gasteiger partial charge in [0.2, 0.25) is 0 Å². The fraction of sp³-hybridized carbons (Fsp3) is 0.333. The van der Waals surface area contributed by atoms with Crippen molar-refractivity contribution in [3.63, 3.8) is 0 Å². The first-order valence-electron chi connectivity index (χ1n) is 8.55. The predicted octanol–water partition coefficient (Wildman–Crippen LogP) is 4.78. The highest BCUT2D eigenvalue weighted by Crippen LogP contribution is 2.32. The van der Waals surface area contributed by atoms with Crippen molar-refractivity contribution >= 4 is 23.3 Å². The molecule has 26 heavy (non-hydrogen) atoms. The lowest BCUT2D eigenvalue weighted by Crippen LogP contribution is -2.37. The van der Waals surface area contributed by atoms with Crippen LogP contribution in [-0.2, 0) is 4.79 Å². The van der Waals surface area contributed by atoms with Gasteiger partial charge in [-0.25, -0.2) is 0 Å². The fourth-order valence-electron chi connectivity index (χ4n) is 2.94. The molecule has 0 aliphatic rings. The first-order chi connectivity index (χ1) is 12.3. The molecular formula is C21H24ClNO3. The molecule has 1 atom stereocenters. The van der Waals surface area contributed by atoms with Crippen LogP contribution in [0.4, 0.5) is 0 Å². The lowest BCUT2D eigenvalue weighted by atomic mass is 9.94. The van der Waals surface area contributed by atoms with Crippen LogP contribution in [0.2, 0.25) is 5.02 Å². The number of nitrogens with zero attached hydrogens (tertiary/aromatic N) is 1. The maximum atomic E-state index is 12.7. The topological polar surface area (TPSA) is 46.6 Å². The largest absolute Gasteiger partial charge is 0.484 e. The molecule has 0 fully saturated rings. The van der Waals surface area contributed by atoms with Crippen LogP contribution < -0.4 is 4.74 Å². The molecule has 0 spiro atoms. The van der Waals surface area contributed by atoms with E-state index in [4.69, 9.17) is 16.3 Å². The SMILES string of the molecule is CC(=O)c1cccc(OCC(=O)N(C)C(c2ccccc2Cl)C(C)C)c1. The molecule has 0 N–H and O–H groups in total. The number of rotatable bonds is 7. The molecule has 0 bridgehead atoms. The minimum absolute atomic E-state index is 0.0440. The van der Waals surface area contributed by atoms with Gasteiger partial charge in [-0.2, -0.15) is 0 Å². The summed E-state index contributed by atoms with van der Waals surface area (Å²) in [5.74, 6) is 0.484. The van der Waals surface area contributed by atoms with Gasteiger partial charge in [0.15, 0.2) is 12.4 Å². The lowest BCUT2D eigenvalue weighted by molar-refractivity contribution is -0.135. The standard InChI is InChI=1S/C21H24ClNO3/c1-14(2)21(18-10-5-6-11-19(18)22)23(4)20(25)13-26-17-9-7-8-16(12-17)15(3)24/h5-12,14,21H,13H2,1-4H3. The van der Waals surface area contributed by atoms with E-state index in [0.29, 0.717) is 16.3 Å². The number of benzene rings is 2. The molecule has 0 radical (unpaired) electrons. The molecule has 1 unspecified atom stereocenters. The van der Waals surface area contributed by atoms with Crippen LogP contribution in [0.1, 0.15) is 42.7 Å². The predicted molar refractivity (Wildman–Crippen MR) is 104 cm³/mol. The van der Waals surface area contributed by atoms with Gasteiger partial charge in [-0.15, -0.1) is 0 Å². The first kappa shape index (κ1) is 20.0. The highest BCUT2D eigenvalue weighted by molar-refractivity contribution is 6.31. The van der Waals surface area contributed by atoms with Gasteiger partial charge in [0, 0.05) is 17.6 Å². The average Bonchev–Trinajstić information content (AvgIpc) is 2.61. The Kier molecular flexibility index (Phi) is 6.81. The second-order valence-electron chi connectivity index (χ2n) is 6.59. The molecule has 138 valence electrons. The third kappa shape index (κ3) is 4.85. The van der Waals surface area contributed by atoms with Crippen LogP contribution in [-0.4, -0.2) is 30.2 Å². The van der Waals surface area contributed by atoms with Gasteiger partial charge in [0.05, 0.1) is 6.04 Å². The number of likely N-dealkylation sites (N-methyl/N-ethyl adjacent to an activating group) is 1. The Labute approximate surface area is 159 Å². The van der Waals surface area contributed by atoms with E-state index in [1.54, 1.807) is 36.2 Å². The van der Waals surface area contributed by atoms with Gasteiger partial charge in [-0.3, -0.25) is 9.59 Å². The number of Topliss-reactive ketones (excluding diaryl/α,β-unsaturated/α-hetero) is 1. The summed E-state index contributed by atoms with van der Waals surface area (Å²) in [4.78, 5) is 25.8. The molecule has 2 rings (SSSR count). The Bertz CT molecular complexity index is 788. The van der Waals surface area contributed by atoms with Crippen LogP contribution in [0.15, 0.2) is 48.5 Å². The van der Waals surface area contributed by atoms with E-state index in [1.807, 2.05) is 24.3 Å². The molecule has 0 saturated heterocycles. The minimum Gasteiger partial charge on any atom is -0.484 e. The maximum Gasteiger partial charge on any atom is 0.260 e. The molecule has 0 aliphatic heterocycles. The van der Waals surface area contributed by atoms with Crippen molar-refractivity contribution in [2.75, 3.05) is 13.7 Å². The van der Waals surface area contributed by atoms with E-state index in [-0.39, 0.29) is 30.3 Å². The average molecular weight is 374 g/mol. The highest BCUT2D eigenvalue weighted by Gasteiger charge is 2.26. The molecule has 1 amide bonds. The zero-order valence-corrected chi connectivity index (χ0v) is 16.3. The Balaban J connectivity index is 2.11. The summed E-state index contributed by atoms with van der Waals surface area (Å²) in [7, 11) is 1.76. The Morgan fingerprint density at radius 1 is 1.12 bits per heavy atom. The number of ketones is 1. The van der Waals surface area contributed by atoms with Crippen LogP contribution in [0.25, 0.3) is 0 Å². The third-order valence-electron chi connectivity index (χ3n) is 4.27. The summed E-state index contributed by atoms with van der Waals surface area (Å²) in [5, 5.41) is 0.640. The summed E-state index contributed by atoms with van der Waals surface area (Å²) in [6.07, 6.45) is 0. The molecule has 2 aromatic rings. The van der Waals surface area contributed by atoms with Gasteiger partial charge < -0.3 is 9.64 Å². The minimum atomic E-state index is -0.156. The van der Waals surface area contributed by atoms with Crippen LogP contribution in [0.5, 0.6) is 5.75 Å². The molecule has 0 aromatic heterocycles. The molecule has 2 aromatic carbocycles. The summed E-state index contributed by atoms with van der Waals surface area (Å²) >= 11 is 6.33. The second kappa shape index (κ2) is 8.86. The number of halogens is 1. The monoisotopic (exact) mass is 373 g/mol. The van der Waals surface area contributed by atoms with E-state index < -0.39 is 0 Å². The van der Waals surface area contributed by atoms with Crippen molar-refractivity contribution in [3.8, 4) is 5.75 Å². The normalized spacial score (nSPS) is 11.9. The lowest BCUT2D eigenvalue weighted by Gasteiger charge is -2.32. The van der Waals surface area contributed by atoms with Gasteiger partial charge in [0.1, 0.15) is 5.75 Å². The zero-order valence-electron chi connectivity index (χ0n) is 15.5. The van der Waals surface area contributed by atoms with E-state index in [0.717, 1.165) is 5.56 Å². The summed E-state index contributed by atoms with van der Waals surface area (Å²) in [6.45, 7) is 5.49. The maximum absolute atomic E-state index is 12.7. The number of ether oxygens (including phenoxy) is 1. The molecule has 0 aliphatic carbocycles. The Morgan fingerprint density at radius 2 is 1.81 bits per heavy atom. The van der Waals surface area contributed by atoms with Crippen molar-refractivity contribution in [1.82, 2.24) is 4.90 Å². The van der Waals surface area contributed by atoms with E-state index in [2.05, 4.69) is 13.8 Å². The van der Waals surface area contributed by atoms with Gasteiger partial charge >= 0.3 is 0 Å². The molecule has 5 heteroatoms. The molecule has 0 heterocycles. The van der Waals surface area contributed by atoms with Crippen molar-refractivity contribution in [2.45, 2.75) is 26.8 Å². The fourth-order valence-corrected chi connectivity index (χ4v) is 3.18. The van der Waals surface area contributed by atoms with E-state index >= 15 is 0 Å². The summed E-state index contributed by atoms with van der Waals surface area (Å²) in [6, 6.07) is 14.2. The van der Waals surface area contributed by atoms with Crippen molar-refractivity contribution < 1.29 is 14.3 Å². The van der Waals surface area contributed by atoms with Gasteiger partial charge in [-0.1, -0.05) is 55.8 Å². The van der Waals surface area contributed by atoms with Gasteiger partial charge in [-0.05, 0) is 36.6 Å². The quantitative estimate of drug-likeness (QED) is 0.656. The van der Waals surface area contributed by atoms with E-state index in [1.165, 1.54) is 6.92 Å². The van der Waals surface area contributed by atoms with Crippen molar-refractivity contribution in [1.29, 1.82) is 0 Å². The summed E-state index contributed by atoms with van der Waals surface area (Å²) in [5.41, 5.74) is 1.47.